The van der Waals surface area contributed by atoms with Gasteiger partial charge in [-0.2, -0.15) is 0 Å². The van der Waals surface area contributed by atoms with E-state index in [9.17, 15) is 14.4 Å². The number of benzene rings is 1. The second kappa shape index (κ2) is 8.97. The van der Waals surface area contributed by atoms with Crippen molar-refractivity contribution in [1.29, 1.82) is 0 Å². The summed E-state index contributed by atoms with van der Waals surface area (Å²) in [5.41, 5.74) is 2.35. The van der Waals surface area contributed by atoms with Gasteiger partial charge in [-0.3, -0.25) is 10.1 Å². The molecule has 1 aromatic carbocycles. The van der Waals surface area contributed by atoms with Crippen molar-refractivity contribution in [3.63, 3.8) is 0 Å². The zero-order chi connectivity index (χ0) is 24.5. The third kappa shape index (κ3) is 4.90. The number of nitrogens with one attached hydrogen (secondary N) is 2. The van der Waals surface area contributed by atoms with E-state index in [0.717, 1.165) is 10.6 Å². The molecule has 3 aromatic rings. The molecule has 176 valence electrons. The Morgan fingerprint density at radius 1 is 1.09 bits per heavy atom. The number of rotatable bonds is 3. The van der Waals surface area contributed by atoms with Crippen LogP contribution in [0.2, 0.25) is 0 Å². The molecule has 1 aliphatic heterocycles. The molecule has 0 saturated heterocycles. The minimum atomic E-state index is -0.698. The van der Waals surface area contributed by atoms with E-state index in [0.29, 0.717) is 29.1 Å². The van der Waals surface area contributed by atoms with Crippen LogP contribution in [0.5, 0.6) is 0 Å². The Hall–Kier alpha value is -4.21. The topological polar surface area (TPSA) is 118 Å². The molecule has 3 heterocycles. The summed E-state index contributed by atoms with van der Waals surface area (Å²) in [5.74, 6) is -0.293. The molecule has 0 unspecified atom stereocenters. The van der Waals surface area contributed by atoms with E-state index in [1.807, 2.05) is 29.8 Å². The van der Waals surface area contributed by atoms with Gasteiger partial charge in [-0.25, -0.2) is 24.5 Å². The van der Waals surface area contributed by atoms with E-state index in [-0.39, 0.29) is 12.5 Å². The number of imide groups is 1. The Balaban J connectivity index is 1.54. The number of nitrogens with zero attached hydrogens (tertiary/aromatic N) is 4. The van der Waals surface area contributed by atoms with Gasteiger partial charge < -0.3 is 14.6 Å². The lowest BCUT2D eigenvalue weighted by molar-refractivity contribution is 0.0232. The number of ether oxygens (including phenoxy) is 1. The van der Waals surface area contributed by atoms with Crippen LogP contribution in [-0.2, 0) is 18.2 Å². The number of para-hydroxylation sites is 1. The minimum Gasteiger partial charge on any atom is -0.443 e. The van der Waals surface area contributed by atoms with E-state index in [1.165, 1.54) is 6.20 Å². The fourth-order valence-corrected chi connectivity index (χ4v) is 3.68. The average Bonchev–Trinajstić information content (AvgIpc) is 3.11. The predicted molar refractivity (Wildman–Crippen MR) is 126 cm³/mol. The number of urea groups is 1. The third-order valence-corrected chi connectivity index (χ3v) is 5.19. The van der Waals surface area contributed by atoms with Crippen molar-refractivity contribution in [3.05, 3.63) is 59.9 Å². The van der Waals surface area contributed by atoms with Crippen LogP contribution >= 0.6 is 0 Å². The number of amides is 4. The first-order valence-corrected chi connectivity index (χ1v) is 10.8. The van der Waals surface area contributed by atoms with Gasteiger partial charge in [0.25, 0.3) is 5.91 Å². The zero-order valence-corrected chi connectivity index (χ0v) is 19.5. The Morgan fingerprint density at radius 3 is 2.53 bits per heavy atom. The summed E-state index contributed by atoms with van der Waals surface area (Å²) in [4.78, 5) is 47.5. The molecule has 4 rings (SSSR count). The second-order valence-electron chi connectivity index (χ2n) is 8.85. The van der Waals surface area contributed by atoms with Crippen LogP contribution in [-0.4, -0.2) is 49.6 Å². The molecule has 1 aliphatic rings. The number of carbonyl (C=O) groups excluding carboxylic acids is 3. The van der Waals surface area contributed by atoms with Crippen molar-refractivity contribution in [3.8, 4) is 11.4 Å². The summed E-state index contributed by atoms with van der Waals surface area (Å²) in [6.07, 6.45) is 1.36. The Morgan fingerprint density at radius 2 is 1.82 bits per heavy atom. The molecule has 0 bridgehead atoms. The van der Waals surface area contributed by atoms with Crippen LogP contribution < -0.4 is 10.6 Å². The molecule has 0 saturated carbocycles. The number of aromatic nitrogens is 3. The highest BCUT2D eigenvalue weighted by molar-refractivity contribution is 6.05. The number of hydrogen-bond acceptors (Lipinski definition) is 6. The van der Waals surface area contributed by atoms with E-state index in [4.69, 9.17) is 4.74 Å². The maximum atomic E-state index is 13.0. The monoisotopic (exact) mass is 462 g/mol. The van der Waals surface area contributed by atoms with Gasteiger partial charge in [-0.15, -0.1) is 0 Å². The molecule has 2 aromatic heterocycles. The van der Waals surface area contributed by atoms with Crippen LogP contribution in [0, 0.1) is 0 Å². The first-order valence-electron chi connectivity index (χ1n) is 10.8. The van der Waals surface area contributed by atoms with Crippen LogP contribution in [0.1, 0.15) is 36.8 Å². The van der Waals surface area contributed by atoms with Gasteiger partial charge in [0.2, 0.25) is 5.95 Å². The van der Waals surface area contributed by atoms with Crippen molar-refractivity contribution < 1.29 is 19.1 Å². The van der Waals surface area contributed by atoms with E-state index < -0.39 is 23.6 Å². The van der Waals surface area contributed by atoms with Gasteiger partial charge in [0.15, 0.2) is 0 Å². The quantitative estimate of drug-likeness (QED) is 0.606. The molecular weight excluding hydrogens is 436 g/mol. The molecule has 0 aliphatic carbocycles. The van der Waals surface area contributed by atoms with Crippen molar-refractivity contribution in [2.75, 3.05) is 17.2 Å². The molecule has 10 heteroatoms. The molecule has 2 N–H and O–H groups in total. The standard InChI is InChI=1S/C24H26N6O4/c1-24(2,3)34-23(33)30-13-11-18-16(20(30)31)14-19(29(18)4)17-10-12-25-21(27-17)28-22(32)26-15-8-6-5-7-9-15/h5-10,12,14H,11,13H2,1-4H3,(H2,25,26,27,28,32). The molecule has 0 atom stereocenters. The summed E-state index contributed by atoms with van der Waals surface area (Å²) < 4.78 is 7.24. The molecule has 0 spiro atoms. The smallest absolute Gasteiger partial charge is 0.417 e. The SMILES string of the molecule is Cn1c(-c2ccnc(NC(=O)Nc3ccccc3)n2)cc2c1CCN(C(=O)OC(C)(C)C)C2=O. The molecule has 10 nitrogen and oxygen atoms in total. The van der Waals surface area contributed by atoms with Gasteiger partial charge >= 0.3 is 12.1 Å². The van der Waals surface area contributed by atoms with Crippen LogP contribution in [0.25, 0.3) is 11.4 Å². The highest BCUT2D eigenvalue weighted by Gasteiger charge is 2.34. The zero-order valence-electron chi connectivity index (χ0n) is 19.5. The second-order valence-corrected chi connectivity index (χ2v) is 8.85. The van der Waals surface area contributed by atoms with Gasteiger partial charge in [0.05, 0.1) is 17.0 Å². The Bertz CT molecular complexity index is 1250. The number of carbonyl (C=O) groups is 3. The molecule has 34 heavy (non-hydrogen) atoms. The fourth-order valence-electron chi connectivity index (χ4n) is 3.68. The fraction of sp³-hybridized carbons (Fsp3) is 0.292. The van der Waals surface area contributed by atoms with E-state index >= 15 is 0 Å². The van der Waals surface area contributed by atoms with Gasteiger partial charge in [0.1, 0.15) is 5.60 Å². The summed E-state index contributed by atoms with van der Waals surface area (Å²) in [7, 11) is 1.84. The molecule has 0 radical (unpaired) electrons. The normalized spacial score (nSPS) is 13.3. The Kier molecular flexibility index (Phi) is 6.06. The van der Waals surface area contributed by atoms with Gasteiger partial charge in [-0.05, 0) is 45.0 Å². The van der Waals surface area contributed by atoms with Gasteiger partial charge in [-0.1, -0.05) is 18.2 Å². The lowest BCUT2D eigenvalue weighted by Gasteiger charge is -2.28. The Labute approximate surface area is 197 Å². The van der Waals surface area contributed by atoms with E-state index in [2.05, 4.69) is 20.6 Å². The van der Waals surface area contributed by atoms with Crippen molar-refractivity contribution >= 4 is 29.7 Å². The predicted octanol–water partition coefficient (Wildman–Crippen LogP) is 4.06. The first-order chi connectivity index (χ1) is 16.1. The summed E-state index contributed by atoms with van der Waals surface area (Å²) in [5, 5.41) is 5.33. The van der Waals surface area contributed by atoms with Crippen LogP contribution in [0.3, 0.4) is 0 Å². The molecular formula is C24H26N6O4. The third-order valence-electron chi connectivity index (χ3n) is 5.19. The van der Waals surface area contributed by atoms with Crippen molar-refractivity contribution in [2.24, 2.45) is 7.05 Å². The number of fused-ring (bicyclic) bond motifs is 1. The minimum absolute atomic E-state index is 0.117. The lowest BCUT2D eigenvalue weighted by atomic mass is 10.1. The molecule has 0 fully saturated rings. The maximum Gasteiger partial charge on any atom is 0.417 e. The van der Waals surface area contributed by atoms with E-state index in [1.54, 1.807) is 45.0 Å². The summed E-state index contributed by atoms with van der Waals surface area (Å²) >= 11 is 0. The summed E-state index contributed by atoms with van der Waals surface area (Å²) in [6, 6.07) is 11.9. The van der Waals surface area contributed by atoms with Crippen molar-refractivity contribution in [1.82, 2.24) is 19.4 Å². The van der Waals surface area contributed by atoms with Crippen LogP contribution in [0.4, 0.5) is 21.2 Å². The maximum absolute atomic E-state index is 13.0. The van der Waals surface area contributed by atoms with Crippen LogP contribution in [0.15, 0.2) is 48.7 Å². The summed E-state index contributed by atoms with van der Waals surface area (Å²) in [6.45, 7) is 5.50. The average molecular weight is 463 g/mol. The number of hydrogen-bond donors (Lipinski definition) is 2. The highest BCUT2D eigenvalue weighted by Crippen LogP contribution is 2.29. The largest absolute Gasteiger partial charge is 0.443 e. The number of anilines is 2. The lowest BCUT2D eigenvalue weighted by Crippen LogP contribution is -2.44. The van der Waals surface area contributed by atoms with Crippen molar-refractivity contribution in [2.45, 2.75) is 32.8 Å². The van der Waals surface area contributed by atoms with Gasteiger partial charge in [0, 0.05) is 37.6 Å². The first kappa shape index (κ1) is 23.0. The highest BCUT2D eigenvalue weighted by atomic mass is 16.6. The molecule has 4 amide bonds.